The van der Waals surface area contributed by atoms with E-state index >= 15 is 0 Å². The summed E-state index contributed by atoms with van der Waals surface area (Å²) in [4.78, 5) is 40.1. The summed E-state index contributed by atoms with van der Waals surface area (Å²) in [6.07, 6.45) is 1.47. The van der Waals surface area contributed by atoms with Crippen molar-refractivity contribution in [3.8, 4) is 0 Å². The SMILES string of the molecule is COC(=O)c1ccc(C(C)n2cnc3c2c(=O)n(C)c(=O)n3C)o1. The summed E-state index contributed by atoms with van der Waals surface area (Å²) in [6, 6.07) is 2.73. The topological polar surface area (TPSA) is 101 Å². The number of rotatable bonds is 3. The standard InChI is InChI=1S/C15H16N4O5/c1-8(9-5-6-10(24-9)14(21)23-4)19-7-16-12-11(19)13(20)18(3)15(22)17(12)2/h5-8H,1-4H3. The minimum Gasteiger partial charge on any atom is -0.463 e. The van der Waals surface area contributed by atoms with E-state index in [2.05, 4.69) is 9.72 Å². The van der Waals surface area contributed by atoms with Crippen molar-refractivity contribution in [2.45, 2.75) is 13.0 Å². The fourth-order valence-electron chi connectivity index (χ4n) is 2.58. The van der Waals surface area contributed by atoms with E-state index in [0.717, 1.165) is 4.57 Å². The second kappa shape index (κ2) is 5.52. The molecule has 126 valence electrons. The van der Waals surface area contributed by atoms with Crippen molar-refractivity contribution in [2.24, 2.45) is 14.1 Å². The second-order valence-electron chi connectivity index (χ2n) is 5.40. The average molecular weight is 332 g/mol. The third-order valence-corrected chi connectivity index (χ3v) is 4.02. The summed E-state index contributed by atoms with van der Waals surface area (Å²) in [5.74, 6) is -0.0445. The highest BCUT2D eigenvalue weighted by molar-refractivity contribution is 5.86. The van der Waals surface area contributed by atoms with Gasteiger partial charge in [0.1, 0.15) is 5.76 Å². The highest BCUT2D eigenvalue weighted by Crippen LogP contribution is 2.23. The molecule has 24 heavy (non-hydrogen) atoms. The number of aryl methyl sites for hydroxylation is 1. The van der Waals surface area contributed by atoms with E-state index < -0.39 is 23.3 Å². The number of nitrogens with zero attached hydrogens (tertiary/aromatic N) is 4. The molecule has 0 aliphatic heterocycles. The molecule has 3 aromatic heterocycles. The molecule has 9 heteroatoms. The Morgan fingerprint density at radius 1 is 1.25 bits per heavy atom. The van der Waals surface area contributed by atoms with E-state index in [1.54, 1.807) is 24.6 Å². The number of imidazole rings is 1. The highest BCUT2D eigenvalue weighted by Gasteiger charge is 2.21. The maximum Gasteiger partial charge on any atom is 0.373 e. The average Bonchev–Trinajstić information content (AvgIpc) is 3.23. The second-order valence-corrected chi connectivity index (χ2v) is 5.40. The van der Waals surface area contributed by atoms with Crippen LogP contribution in [0.3, 0.4) is 0 Å². The van der Waals surface area contributed by atoms with E-state index in [1.165, 1.54) is 31.1 Å². The quantitative estimate of drug-likeness (QED) is 0.644. The largest absolute Gasteiger partial charge is 0.463 e. The van der Waals surface area contributed by atoms with Crippen LogP contribution in [-0.2, 0) is 18.8 Å². The van der Waals surface area contributed by atoms with E-state index in [-0.39, 0.29) is 16.9 Å². The molecular weight excluding hydrogens is 316 g/mol. The predicted octanol–water partition coefficient (Wildman–Crippen LogP) is 0.423. The minimum atomic E-state index is -0.581. The zero-order valence-electron chi connectivity index (χ0n) is 13.6. The highest BCUT2D eigenvalue weighted by atomic mass is 16.5. The van der Waals surface area contributed by atoms with Crippen LogP contribution in [0.5, 0.6) is 0 Å². The van der Waals surface area contributed by atoms with Crippen LogP contribution in [0.2, 0.25) is 0 Å². The van der Waals surface area contributed by atoms with Crippen molar-refractivity contribution < 1.29 is 13.9 Å². The fraction of sp³-hybridized carbons (Fsp3) is 0.333. The molecule has 0 spiro atoms. The molecule has 9 nitrogen and oxygen atoms in total. The zero-order chi connectivity index (χ0) is 17.6. The lowest BCUT2D eigenvalue weighted by atomic mass is 10.2. The van der Waals surface area contributed by atoms with Crippen LogP contribution in [-0.4, -0.2) is 31.8 Å². The third-order valence-electron chi connectivity index (χ3n) is 4.02. The van der Waals surface area contributed by atoms with Gasteiger partial charge in [0.15, 0.2) is 11.2 Å². The monoisotopic (exact) mass is 332 g/mol. The van der Waals surface area contributed by atoms with Gasteiger partial charge in [-0.3, -0.25) is 13.9 Å². The smallest absolute Gasteiger partial charge is 0.373 e. The van der Waals surface area contributed by atoms with Crippen LogP contribution >= 0.6 is 0 Å². The van der Waals surface area contributed by atoms with Crippen LogP contribution in [0.4, 0.5) is 0 Å². The van der Waals surface area contributed by atoms with Crippen molar-refractivity contribution in [2.75, 3.05) is 7.11 Å². The Morgan fingerprint density at radius 2 is 1.96 bits per heavy atom. The molecule has 0 bridgehead atoms. The van der Waals surface area contributed by atoms with Gasteiger partial charge in [0.05, 0.1) is 19.5 Å². The van der Waals surface area contributed by atoms with Gasteiger partial charge in [0, 0.05) is 14.1 Å². The minimum absolute atomic E-state index is 0.0732. The van der Waals surface area contributed by atoms with Gasteiger partial charge in [-0.05, 0) is 19.1 Å². The van der Waals surface area contributed by atoms with Gasteiger partial charge in [0.2, 0.25) is 5.76 Å². The first kappa shape index (κ1) is 15.8. The van der Waals surface area contributed by atoms with Crippen LogP contribution in [0.15, 0.2) is 32.5 Å². The number of ether oxygens (including phenoxy) is 1. The van der Waals surface area contributed by atoms with Crippen molar-refractivity contribution >= 4 is 17.1 Å². The Morgan fingerprint density at radius 3 is 2.62 bits per heavy atom. The maximum absolute atomic E-state index is 12.5. The van der Waals surface area contributed by atoms with Crippen LogP contribution < -0.4 is 11.2 Å². The first-order chi connectivity index (χ1) is 11.4. The Labute approximate surface area is 135 Å². The molecule has 0 aromatic carbocycles. The Kier molecular flexibility index (Phi) is 3.63. The number of furan rings is 1. The zero-order valence-corrected chi connectivity index (χ0v) is 13.6. The molecule has 1 unspecified atom stereocenters. The summed E-state index contributed by atoms with van der Waals surface area (Å²) >= 11 is 0. The molecule has 0 amide bonds. The molecule has 0 saturated carbocycles. The summed E-state index contributed by atoms with van der Waals surface area (Å²) in [5, 5.41) is 0. The molecule has 3 heterocycles. The number of esters is 1. The molecule has 0 radical (unpaired) electrons. The number of fused-ring (bicyclic) bond motifs is 1. The summed E-state index contributed by atoms with van der Waals surface area (Å²) in [7, 11) is 4.23. The third kappa shape index (κ3) is 2.16. The van der Waals surface area contributed by atoms with Gasteiger partial charge < -0.3 is 13.7 Å². The Bertz CT molecular complexity index is 1050. The van der Waals surface area contributed by atoms with Crippen molar-refractivity contribution in [3.63, 3.8) is 0 Å². The lowest BCUT2D eigenvalue weighted by Crippen LogP contribution is -2.37. The molecule has 3 rings (SSSR count). The van der Waals surface area contributed by atoms with Crippen LogP contribution in [0.1, 0.15) is 29.3 Å². The predicted molar refractivity (Wildman–Crippen MR) is 84.1 cm³/mol. The number of methoxy groups -OCH3 is 1. The first-order valence-corrected chi connectivity index (χ1v) is 7.17. The molecular formula is C15H16N4O5. The molecule has 0 aliphatic carbocycles. The Balaban J connectivity index is 2.16. The summed E-state index contributed by atoms with van der Waals surface area (Å²) in [5.41, 5.74) is -0.327. The van der Waals surface area contributed by atoms with Gasteiger partial charge in [-0.25, -0.2) is 14.6 Å². The van der Waals surface area contributed by atoms with E-state index in [0.29, 0.717) is 5.76 Å². The maximum atomic E-state index is 12.5. The van der Waals surface area contributed by atoms with E-state index in [4.69, 9.17) is 4.42 Å². The molecule has 0 aliphatic rings. The van der Waals surface area contributed by atoms with Crippen LogP contribution in [0.25, 0.3) is 11.2 Å². The summed E-state index contributed by atoms with van der Waals surface area (Å²) in [6.45, 7) is 1.80. The fourth-order valence-corrected chi connectivity index (χ4v) is 2.58. The molecule has 3 aromatic rings. The number of hydrogen-bond donors (Lipinski definition) is 0. The van der Waals surface area contributed by atoms with Crippen molar-refractivity contribution in [3.05, 3.63) is 50.8 Å². The molecule has 0 fully saturated rings. The van der Waals surface area contributed by atoms with E-state index in [1.807, 2.05) is 0 Å². The molecule has 0 N–H and O–H groups in total. The lowest BCUT2D eigenvalue weighted by molar-refractivity contribution is 0.0562. The van der Waals surface area contributed by atoms with Crippen molar-refractivity contribution in [1.29, 1.82) is 0 Å². The van der Waals surface area contributed by atoms with Gasteiger partial charge >= 0.3 is 11.7 Å². The van der Waals surface area contributed by atoms with E-state index in [9.17, 15) is 14.4 Å². The van der Waals surface area contributed by atoms with Gasteiger partial charge in [-0.1, -0.05) is 0 Å². The summed E-state index contributed by atoms with van der Waals surface area (Å²) < 4.78 is 14.0. The first-order valence-electron chi connectivity index (χ1n) is 7.17. The lowest BCUT2D eigenvalue weighted by Gasteiger charge is -2.12. The van der Waals surface area contributed by atoms with Crippen LogP contribution in [0, 0.1) is 0 Å². The van der Waals surface area contributed by atoms with Gasteiger partial charge in [-0.2, -0.15) is 0 Å². The number of hydrogen-bond acceptors (Lipinski definition) is 6. The number of aromatic nitrogens is 4. The number of carbonyl (C=O) groups excluding carboxylic acids is 1. The number of carbonyl (C=O) groups is 1. The normalized spacial score (nSPS) is 12.5. The van der Waals surface area contributed by atoms with Gasteiger partial charge in [-0.15, -0.1) is 0 Å². The Hall–Kier alpha value is -3.10. The molecule has 0 saturated heterocycles. The van der Waals surface area contributed by atoms with Crippen molar-refractivity contribution in [1.82, 2.24) is 18.7 Å². The van der Waals surface area contributed by atoms with Gasteiger partial charge in [0.25, 0.3) is 5.56 Å². The molecule has 1 atom stereocenters.